The summed E-state index contributed by atoms with van der Waals surface area (Å²) < 4.78 is 0. The Kier molecular flexibility index (Phi) is 5.03. The topological polar surface area (TPSA) is 77.3 Å². The number of carbonyl (C=O) groups excluding carboxylic acids is 2. The minimum atomic E-state index is -0.122. The first kappa shape index (κ1) is 17.4. The highest BCUT2D eigenvalue weighted by Crippen LogP contribution is 2.32. The van der Waals surface area contributed by atoms with Gasteiger partial charge in [0.05, 0.1) is 11.6 Å². The van der Waals surface area contributed by atoms with Crippen LogP contribution in [0.5, 0.6) is 0 Å². The standard InChI is InChI=1S/C19H24N4O2/c1-13(2)17-12-22(8-7-18(24)23(17)11-14-3-4-14)19(25)15-5-6-16(9-20)21-10-15/h5-6,10,13-14,17H,3-4,7-8,11-12H2,1-2H3/t17-/m0/s1. The molecule has 2 heterocycles. The molecule has 2 amide bonds. The van der Waals surface area contributed by atoms with Gasteiger partial charge < -0.3 is 9.80 Å². The first-order chi connectivity index (χ1) is 12.0. The van der Waals surface area contributed by atoms with Gasteiger partial charge in [-0.05, 0) is 36.8 Å². The van der Waals surface area contributed by atoms with E-state index in [1.165, 1.54) is 19.0 Å². The van der Waals surface area contributed by atoms with Crippen molar-refractivity contribution in [3.8, 4) is 6.07 Å². The Bertz CT molecular complexity index is 688. The Morgan fingerprint density at radius 3 is 2.72 bits per heavy atom. The zero-order chi connectivity index (χ0) is 18.0. The maximum atomic E-state index is 12.8. The molecule has 3 rings (SSSR count). The molecular formula is C19H24N4O2. The number of nitrogens with zero attached hydrogens (tertiary/aromatic N) is 4. The van der Waals surface area contributed by atoms with Gasteiger partial charge in [0.25, 0.3) is 5.91 Å². The van der Waals surface area contributed by atoms with Crippen LogP contribution >= 0.6 is 0 Å². The average Bonchev–Trinajstić information content (AvgIpc) is 3.44. The molecule has 2 fully saturated rings. The minimum absolute atomic E-state index is 0.0471. The zero-order valence-electron chi connectivity index (χ0n) is 14.8. The van der Waals surface area contributed by atoms with Crippen LogP contribution in [0.2, 0.25) is 0 Å². The highest BCUT2D eigenvalue weighted by molar-refractivity contribution is 5.94. The number of hydrogen-bond acceptors (Lipinski definition) is 4. The smallest absolute Gasteiger partial charge is 0.255 e. The predicted molar refractivity (Wildman–Crippen MR) is 92.5 cm³/mol. The summed E-state index contributed by atoms with van der Waals surface area (Å²) in [6.45, 7) is 6.02. The van der Waals surface area contributed by atoms with Crippen LogP contribution in [0.15, 0.2) is 18.3 Å². The number of nitriles is 1. The molecule has 1 atom stereocenters. The summed E-state index contributed by atoms with van der Waals surface area (Å²) in [4.78, 5) is 33.2. The summed E-state index contributed by atoms with van der Waals surface area (Å²) >= 11 is 0. The molecule has 132 valence electrons. The van der Waals surface area contributed by atoms with E-state index in [1.807, 2.05) is 11.0 Å². The molecule has 1 saturated carbocycles. The van der Waals surface area contributed by atoms with Gasteiger partial charge in [0, 0.05) is 32.3 Å². The van der Waals surface area contributed by atoms with Crippen LogP contribution in [-0.4, -0.2) is 52.3 Å². The van der Waals surface area contributed by atoms with Crippen molar-refractivity contribution in [3.63, 3.8) is 0 Å². The van der Waals surface area contributed by atoms with Crippen LogP contribution in [0.25, 0.3) is 0 Å². The van der Waals surface area contributed by atoms with Gasteiger partial charge in [-0.3, -0.25) is 9.59 Å². The van der Waals surface area contributed by atoms with Gasteiger partial charge in [0.15, 0.2) is 0 Å². The number of aromatic nitrogens is 1. The van der Waals surface area contributed by atoms with Gasteiger partial charge in [-0.15, -0.1) is 0 Å². The van der Waals surface area contributed by atoms with Crippen molar-refractivity contribution in [3.05, 3.63) is 29.6 Å². The quantitative estimate of drug-likeness (QED) is 0.840. The van der Waals surface area contributed by atoms with Crippen molar-refractivity contribution in [2.75, 3.05) is 19.6 Å². The molecule has 0 aromatic carbocycles. The summed E-state index contributed by atoms with van der Waals surface area (Å²) in [5.41, 5.74) is 0.753. The third-order valence-electron chi connectivity index (χ3n) is 5.06. The fraction of sp³-hybridized carbons (Fsp3) is 0.579. The first-order valence-electron chi connectivity index (χ1n) is 8.94. The molecule has 0 N–H and O–H groups in total. The van der Waals surface area contributed by atoms with Gasteiger partial charge >= 0.3 is 0 Å². The molecule has 2 aliphatic rings. The maximum Gasteiger partial charge on any atom is 0.255 e. The molecular weight excluding hydrogens is 316 g/mol. The van der Waals surface area contributed by atoms with E-state index >= 15 is 0 Å². The summed E-state index contributed by atoms with van der Waals surface area (Å²) in [7, 11) is 0. The third-order valence-corrected chi connectivity index (χ3v) is 5.06. The fourth-order valence-corrected chi connectivity index (χ4v) is 3.31. The molecule has 0 spiro atoms. The van der Waals surface area contributed by atoms with Crippen LogP contribution in [0, 0.1) is 23.2 Å². The highest BCUT2D eigenvalue weighted by Gasteiger charge is 2.36. The highest BCUT2D eigenvalue weighted by atomic mass is 16.2. The normalized spacial score (nSPS) is 21.2. The van der Waals surface area contributed by atoms with Crippen LogP contribution in [0.3, 0.4) is 0 Å². The molecule has 25 heavy (non-hydrogen) atoms. The Balaban J connectivity index is 1.78. The molecule has 1 aromatic heterocycles. The molecule has 1 aromatic rings. The lowest BCUT2D eigenvalue weighted by Gasteiger charge is -2.34. The van der Waals surface area contributed by atoms with Crippen LogP contribution in [0.1, 0.15) is 49.2 Å². The van der Waals surface area contributed by atoms with Crippen LogP contribution < -0.4 is 0 Å². The van der Waals surface area contributed by atoms with E-state index in [1.54, 1.807) is 17.0 Å². The molecule has 6 heteroatoms. The predicted octanol–water partition coefficient (Wildman–Crippen LogP) is 2.06. The van der Waals surface area contributed by atoms with Gasteiger partial charge in [0.1, 0.15) is 11.8 Å². The lowest BCUT2D eigenvalue weighted by Crippen LogP contribution is -2.48. The maximum absolute atomic E-state index is 12.8. The second-order valence-electron chi connectivity index (χ2n) is 7.35. The first-order valence-corrected chi connectivity index (χ1v) is 8.94. The van der Waals surface area contributed by atoms with Gasteiger partial charge in [0.2, 0.25) is 5.91 Å². The van der Waals surface area contributed by atoms with E-state index in [-0.39, 0.29) is 23.8 Å². The van der Waals surface area contributed by atoms with Crippen LogP contribution in [-0.2, 0) is 4.79 Å². The second-order valence-corrected chi connectivity index (χ2v) is 7.35. The molecule has 0 radical (unpaired) electrons. The van der Waals surface area contributed by atoms with E-state index in [0.717, 1.165) is 6.54 Å². The summed E-state index contributed by atoms with van der Waals surface area (Å²) in [6, 6.07) is 5.18. The van der Waals surface area contributed by atoms with Gasteiger partial charge in [-0.1, -0.05) is 13.8 Å². The number of amides is 2. The lowest BCUT2D eigenvalue weighted by molar-refractivity contribution is -0.133. The number of carbonyl (C=O) groups is 2. The van der Waals surface area contributed by atoms with E-state index in [2.05, 4.69) is 18.8 Å². The monoisotopic (exact) mass is 340 g/mol. The lowest BCUT2D eigenvalue weighted by atomic mass is 10.0. The van der Waals surface area contributed by atoms with Crippen molar-refractivity contribution in [2.24, 2.45) is 11.8 Å². The number of pyridine rings is 1. The summed E-state index contributed by atoms with van der Waals surface area (Å²) in [6.07, 6.45) is 4.22. The molecule has 6 nitrogen and oxygen atoms in total. The second kappa shape index (κ2) is 7.22. The third kappa shape index (κ3) is 3.98. The molecule has 1 saturated heterocycles. The van der Waals surface area contributed by atoms with Crippen molar-refractivity contribution in [1.82, 2.24) is 14.8 Å². The summed E-state index contributed by atoms with van der Waals surface area (Å²) in [5, 5.41) is 8.83. The minimum Gasteiger partial charge on any atom is -0.337 e. The fourth-order valence-electron chi connectivity index (χ4n) is 3.31. The van der Waals surface area contributed by atoms with Gasteiger partial charge in [-0.25, -0.2) is 4.98 Å². The van der Waals surface area contributed by atoms with E-state index in [4.69, 9.17) is 5.26 Å². The SMILES string of the molecule is CC(C)[C@@H]1CN(C(=O)c2ccc(C#N)nc2)CCC(=O)N1CC1CC1. The largest absolute Gasteiger partial charge is 0.337 e. The van der Waals surface area contributed by atoms with Crippen molar-refractivity contribution >= 4 is 11.8 Å². The Morgan fingerprint density at radius 2 is 2.16 bits per heavy atom. The Hall–Kier alpha value is -2.42. The van der Waals surface area contributed by atoms with Crippen molar-refractivity contribution < 1.29 is 9.59 Å². The van der Waals surface area contributed by atoms with Crippen molar-refractivity contribution in [1.29, 1.82) is 5.26 Å². The molecule has 0 unspecified atom stereocenters. The molecule has 1 aliphatic carbocycles. The van der Waals surface area contributed by atoms with E-state index in [9.17, 15) is 9.59 Å². The zero-order valence-corrected chi connectivity index (χ0v) is 14.8. The molecule has 0 bridgehead atoms. The van der Waals surface area contributed by atoms with E-state index in [0.29, 0.717) is 36.7 Å². The Labute approximate surface area is 148 Å². The molecule has 1 aliphatic heterocycles. The summed E-state index contributed by atoms with van der Waals surface area (Å²) in [5.74, 6) is 0.952. The Morgan fingerprint density at radius 1 is 1.40 bits per heavy atom. The number of hydrogen-bond donors (Lipinski definition) is 0. The van der Waals surface area contributed by atoms with Crippen LogP contribution in [0.4, 0.5) is 0 Å². The van der Waals surface area contributed by atoms with E-state index < -0.39 is 0 Å². The van der Waals surface area contributed by atoms with Crippen molar-refractivity contribution in [2.45, 2.75) is 39.2 Å². The van der Waals surface area contributed by atoms with Gasteiger partial charge in [-0.2, -0.15) is 5.26 Å². The number of rotatable bonds is 4. The average molecular weight is 340 g/mol.